The first-order valence-corrected chi connectivity index (χ1v) is 9.49. The lowest BCUT2D eigenvalue weighted by Gasteiger charge is -2.31. The van der Waals surface area contributed by atoms with E-state index in [2.05, 4.69) is 62.4 Å². The average Bonchev–Trinajstić information content (AvgIpc) is 2.63. The van der Waals surface area contributed by atoms with Crippen LogP contribution in [-0.4, -0.2) is 23.4 Å². The van der Waals surface area contributed by atoms with Gasteiger partial charge in [0.05, 0.1) is 0 Å². The molecule has 0 heterocycles. The highest BCUT2D eigenvalue weighted by Crippen LogP contribution is 2.36. The molecule has 136 valence electrons. The molecular weight excluding hydrogens is 308 g/mol. The van der Waals surface area contributed by atoms with Gasteiger partial charge in [-0.05, 0) is 60.8 Å². The molecule has 2 aromatic carbocycles. The summed E-state index contributed by atoms with van der Waals surface area (Å²) < 4.78 is 0. The van der Waals surface area contributed by atoms with Crippen molar-refractivity contribution >= 4 is 0 Å². The van der Waals surface area contributed by atoms with Gasteiger partial charge in [0, 0.05) is 18.6 Å². The number of unbranched alkanes of at least 4 members (excludes halogenated alkanes) is 2. The smallest absolute Gasteiger partial charge is 0.0431 e. The normalized spacial score (nSPS) is 11.7. The van der Waals surface area contributed by atoms with Crippen molar-refractivity contribution in [2.24, 2.45) is 0 Å². The molecule has 0 fully saturated rings. The van der Waals surface area contributed by atoms with Crippen molar-refractivity contribution in [2.45, 2.75) is 57.8 Å². The Hall–Kier alpha value is -1.64. The quantitative estimate of drug-likeness (QED) is 0.619. The zero-order chi connectivity index (χ0) is 18.1. The number of aliphatic hydroxyl groups is 2. The molecule has 0 aliphatic carbocycles. The number of rotatable bonds is 10. The Labute approximate surface area is 152 Å². The molecule has 2 N–H and O–H groups in total. The van der Waals surface area contributed by atoms with Gasteiger partial charge >= 0.3 is 0 Å². The van der Waals surface area contributed by atoms with Crippen LogP contribution in [0, 0.1) is 0 Å². The zero-order valence-electron chi connectivity index (χ0n) is 15.7. The van der Waals surface area contributed by atoms with E-state index < -0.39 is 0 Å². The maximum atomic E-state index is 9.07. The predicted molar refractivity (Wildman–Crippen MR) is 105 cm³/mol. The molecule has 2 aromatic rings. The summed E-state index contributed by atoms with van der Waals surface area (Å²) in [4.78, 5) is 0. The van der Waals surface area contributed by atoms with E-state index in [0.29, 0.717) is 0 Å². The summed E-state index contributed by atoms with van der Waals surface area (Å²) in [5.74, 6) is 0. The Morgan fingerprint density at radius 3 is 1.44 bits per heavy atom. The molecule has 0 radical (unpaired) electrons. The van der Waals surface area contributed by atoms with E-state index in [4.69, 9.17) is 10.2 Å². The van der Waals surface area contributed by atoms with Gasteiger partial charge < -0.3 is 10.2 Å². The van der Waals surface area contributed by atoms with Crippen LogP contribution >= 0.6 is 0 Å². The van der Waals surface area contributed by atoms with Gasteiger partial charge in [0.25, 0.3) is 0 Å². The first-order chi connectivity index (χ1) is 12.1. The lowest BCUT2D eigenvalue weighted by Crippen LogP contribution is -2.23. The van der Waals surface area contributed by atoms with Crippen molar-refractivity contribution in [2.75, 3.05) is 13.2 Å². The van der Waals surface area contributed by atoms with Crippen LogP contribution in [0.5, 0.6) is 0 Å². The van der Waals surface area contributed by atoms with Gasteiger partial charge in [-0.15, -0.1) is 0 Å². The van der Waals surface area contributed by atoms with Gasteiger partial charge in [-0.2, -0.15) is 0 Å². The van der Waals surface area contributed by atoms with Crippen LogP contribution in [0.3, 0.4) is 0 Å². The standard InChI is InChI=1S/C23H32O2/c1-23(2,21-15-5-3-11-19(21)13-7-9-17-24)22-16-6-4-12-20(22)14-8-10-18-25/h3-6,11-12,15-16,24-25H,7-10,13-14,17-18H2,1-2H3. The molecule has 0 aliphatic heterocycles. The fourth-order valence-electron chi connectivity index (χ4n) is 3.70. The summed E-state index contributed by atoms with van der Waals surface area (Å²) in [6, 6.07) is 17.4. The molecule has 0 atom stereocenters. The van der Waals surface area contributed by atoms with E-state index >= 15 is 0 Å². The summed E-state index contributed by atoms with van der Waals surface area (Å²) in [5.41, 5.74) is 5.45. The summed E-state index contributed by atoms with van der Waals surface area (Å²) >= 11 is 0. The van der Waals surface area contributed by atoms with E-state index in [1.807, 2.05) is 0 Å². The monoisotopic (exact) mass is 340 g/mol. The third kappa shape index (κ3) is 5.17. The first kappa shape index (κ1) is 19.7. The summed E-state index contributed by atoms with van der Waals surface area (Å²) in [7, 11) is 0. The Balaban J connectivity index is 2.32. The van der Waals surface area contributed by atoms with Gasteiger partial charge in [0.2, 0.25) is 0 Å². The summed E-state index contributed by atoms with van der Waals surface area (Å²) in [6.07, 6.45) is 5.75. The molecule has 0 aliphatic rings. The molecular formula is C23H32O2. The van der Waals surface area contributed by atoms with Gasteiger partial charge in [-0.25, -0.2) is 0 Å². The fourth-order valence-corrected chi connectivity index (χ4v) is 3.70. The zero-order valence-corrected chi connectivity index (χ0v) is 15.7. The topological polar surface area (TPSA) is 40.5 Å². The molecule has 0 bridgehead atoms. The van der Waals surface area contributed by atoms with E-state index in [0.717, 1.165) is 38.5 Å². The van der Waals surface area contributed by atoms with Crippen molar-refractivity contribution in [3.63, 3.8) is 0 Å². The third-order valence-corrected chi connectivity index (χ3v) is 5.09. The van der Waals surface area contributed by atoms with Gasteiger partial charge in [-0.1, -0.05) is 62.4 Å². The number of aliphatic hydroxyl groups excluding tert-OH is 2. The van der Waals surface area contributed by atoms with Crippen LogP contribution in [-0.2, 0) is 18.3 Å². The van der Waals surface area contributed by atoms with Crippen LogP contribution in [0.15, 0.2) is 48.5 Å². The number of benzene rings is 2. The van der Waals surface area contributed by atoms with Gasteiger partial charge in [0.15, 0.2) is 0 Å². The molecule has 25 heavy (non-hydrogen) atoms. The Morgan fingerprint density at radius 1 is 0.640 bits per heavy atom. The second kappa shape index (κ2) is 9.74. The predicted octanol–water partition coefficient (Wildman–Crippen LogP) is 4.64. The minimum Gasteiger partial charge on any atom is -0.396 e. The van der Waals surface area contributed by atoms with Crippen LogP contribution in [0.4, 0.5) is 0 Å². The fraction of sp³-hybridized carbons (Fsp3) is 0.478. The second-order valence-corrected chi connectivity index (χ2v) is 7.30. The highest BCUT2D eigenvalue weighted by atomic mass is 16.3. The minimum absolute atomic E-state index is 0.0639. The molecule has 0 spiro atoms. The van der Waals surface area contributed by atoms with Gasteiger partial charge in [-0.3, -0.25) is 0 Å². The molecule has 0 unspecified atom stereocenters. The van der Waals surface area contributed by atoms with Crippen molar-refractivity contribution in [1.29, 1.82) is 0 Å². The number of hydrogen-bond donors (Lipinski definition) is 2. The maximum Gasteiger partial charge on any atom is 0.0431 e. The van der Waals surface area contributed by atoms with Crippen molar-refractivity contribution in [3.05, 3.63) is 70.8 Å². The third-order valence-electron chi connectivity index (χ3n) is 5.09. The molecule has 0 saturated carbocycles. The van der Waals surface area contributed by atoms with E-state index in [1.165, 1.54) is 22.3 Å². The van der Waals surface area contributed by atoms with E-state index in [9.17, 15) is 0 Å². The Bertz CT molecular complexity index is 591. The SMILES string of the molecule is CC(C)(c1ccccc1CCCCO)c1ccccc1CCCCO. The highest BCUT2D eigenvalue weighted by Gasteiger charge is 2.27. The van der Waals surface area contributed by atoms with E-state index in [1.54, 1.807) is 0 Å². The van der Waals surface area contributed by atoms with Gasteiger partial charge in [0.1, 0.15) is 0 Å². The molecule has 0 amide bonds. The van der Waals surface area contributed by atoms with Crippen LogP contribution in [0.1, 0.15) is 61.8 Å². The van der Waals surface area contributed by atoms with Crippen LogP contribution < -0.4 is 0 Å². The molecule has 2 heteroatoms. The van der Waals surface area contributed by atoms with E-state index in [-0.39, 0.29) is 18.6 Å². The lowest BCUT2D eigenvalue weighted by molar-refractivity contribution is 0.284. The number of aryl methyl sites for hydroxylation is 2. The first-order valence-electron chi connectivity index (χ1n) is 9.49. The van der Waals surface area contributed by atoms with Crippen molar-refractivity contribution in [1.82, 2.24) is 0 Å². The lowest BCUT2D eigenvalue weighted by atomic mass is 9.73. The molecule has 0 saturated heterocycles. The molecule has 0 aromatic heterocycles. The largest absolute Gasteiger partial charge is 0.396 e. The van der Waals surface area contributed by atoms with Crippen molar-refractivity contribution in [3.8, 4) is 0 Å². The maximum absolute atomic E-state index is 9.07. The van der Waals surface area contributed by atoms with Crippen LogP contribution in [0.2, 0.25) is 0 Å². The molecule has 2 nitrogen and oxygen atoms in total. The van der Waals surface area contributed by atoms with Crippen molar-refractivity contribution < 1.29 is 10.2 Å². The Kier molecular flexibility index (Phi) is 7.67. The summed E-state index contributed by atoms with van der Waals surface area (Å²) in [6.45, 7) is 5.14. The minimum atomic E-state index is -0.0639. The molecule has 2 rings (SSSR count). The summed E-state index contributed by atoms with van der Waals surface area (Å²) in [5, 5.41) is 18.1. The number of hydrogen-bond acceptors (Lipinski definition) is 2. The second-order valence-electron chi connectivity index (χ2n) is 7.30. The Morgan fingerprint density at radius 2 is 1.04 bits per heavy atom. The van der Waals surface area contributed by atoms with Crippen LogP contribution in [0.25, 0.3) is 0 Å². The highest BCUT2D eigenvalue weighted by molar-refractivity contribution is 5.45. The average molecular weight is 341 g/mol.